The maximum Gasteiger partial charge on any atom is 0.217 e. The number of carbonyl (C=O) groups excluding carboxylic acids is 1. The minimum Gasteiger partial charge on any atom is -0.497 e. The molecule has 0 aromatic heterocycles. The van der Waals surface area contributed by atoms with Crippen LogP contribution >= 0.6 is 0 Å². The summed E-state index contributed by atoms with van der Waals surface area (Å²) in [5, 5.41) is 14.2. The lowest BCUT2D eigenvalue weighted by Gasteiger charge is -2.44. The summed E-state index contributed by atoms with van der Waals surface area (Å²) in [6, 6.07) is 26.2. The molecule has 1 aliphatic heterocycles. The third-order valence-electron chi connectivity index (χ3n) is 6.30. The molecule has 1 aliphatic rings. The Morgan fingerprint density at radius 2 is 1.42 bits per heavy atom. The summed E-state index contributed by atoms with van der Waals surface area (Å²) >= 11 is 0. The zero-order valence-electron chi connectivity index (χ0n) is 21.7. The van der Waals surface area contributed by atoms with Gasteiger partial charge in [0.05, 0.1) is 33.5 Å². The van der Waals surface area contributed by atoms with Crippen LogP contribution in [0.5, 0.6) is 5.75 Å². The van der Waals surface area contributed by atoms with Gasteiger partial charge in [0.15, 0.2) is 6.29 Å². The van der Waals surface area contributed by atoms with Crippen molar-refractivity contribution in [3.8, 4) is 5.75 Å². The van der Waals surface area contributed by atoms with E-state index in [9.17, 15) is 9.90 Å². The molecule has 8 nitrogen and oxygen atoms in total. The highest BCUT2D eigenvalue weighted by atomic mass is 16.7. The number of aliphatic hydroxyl groups excluding tert-OH is 1. The average Bonchev–Trinajstić information content (AvgIpc) is 2.94. The number of amides is 1. The molecule has 0 saturated carbocycles. The topological polar surface area (TPSA) is 95.5 Å². The molecule has 1 fully saturated rings. The molecule has 0 spiro atoms. The highest BCUT2D eigenvalue weighted by molar-refractivity contribution is 5.73. The maximum atomic E-state index is 12.1. The fourth-order valence-electron chi connectivity index (χ4n) is 4.32. The van der Waals surface area contributed by atoms with E-state index in [1.807, 2.05) is 84.9 Å². The van der Waals surface area contributed by atoms with E-state index in [1.54, 1.807) is 7.11 Å². The maximum absolute atomic E-state index is 12.1. The second-order valence-electron chi connectivity index (χ2n) is 9.18. The Labute approximate surface area is 223 Å². The van der Waals surface area contributed by atoms with Gasteiger partial charge in [0.2, 0.25) is 5.91 Å². The Hall–Kier alpha value is -3.27. The number of hydrogen-bond donors (Lipinski definition) is 2. The van der Waals surface area contributed by atoms with Gasteiger partial charge >= 0.3 is 0 Å². The van der Waals surface area contributed by atoms with E-state index >= 15 is 0 Å². The van der Waals surface area contributed by atoms with E-state index in [-0.39, 0.29) is 25.7 Å². The smallest absolute Gasteiger partial charge is 0.217 e. The lowest BCUT2D eigenvalue weighted by Crippen LogP contribution is -2.65. The van der Waals surface area contributed by atoms with Crippen molar-refractivity contribution in [1.29, 1.82) is 0 Å². The van der Waals surface area contributed by atoms with E-state index in [2.05, 4.69) is 5.32 Å². The molecular formula is C30H35NO7. The predicted octanol–water partition coefficient (Wildman–Crippen LogP) is 3.60. The molecule has 1 saturated heterocycles. The SMILES string of the molecule is COc1ccc(COC[C@H]2O[C@H](OCc3ccccc3)[C@@H](NC(C)=O)[C@@H](OCc3ccccc3)[C@@H]2O)cc1. The lowest BCUT2D eigenvalue weighted by atomic mass is 9.96. The first-order chi connectivity index (χ1) is 18.5. The molecule has 2 N–H and O–H groups in total. The lowest BCUT2D eigenvalue weighted by molar-refractivity contribution is -0.284. The van der Waals surface area contributed by atoms with Gasteiger partial charge in [0.25, 0.3) is 0 Å². The molecule has 0 bridgehead atoms. The zero-order chi connectivity index (χ0) is 26.7. The normalized spacial score (nSPS) is 23.1. The zero-order valence-corrected chi connectivity index (χ0v) is 21.7. The van der Waals surface area contributed by atoms with Crippen LogP contribution in [0.25, 0.3) is 0 Å². The van der Waals surface area contributed by atoms with Gasteiger partial charge in [0.1, 0.15) is 30.1 Å². The third kappa shape index (κ3) is 7.86. The molecule has 8 heteroatoms. The molecule has 1 amide bonds. The van der Waals surface area contributed by atoms with E-state index in [0.29, 0.717) is 6.61 Å². The Balaban J connectivity index is 1.48. The summed E-state index contributed by atoms with van der Waals surface area (Å²) in [6.07, 6.45) is -3.45. The number of ether oxygens (including phenoxy) is 5. The Kier molecular flexibility index (Phi) is 10.3. The highest BCUT2D eigenvalue weighted by Gasteiger charge is 2.47. The summed E-state index contributed by atoms with van der Waals surface area (Å²) < 4.78 is 29.6. The van der Waals surface area contributed by atoms with Gasteiger partial charge in [-0.2, -0.15) is 0 Å². The molecule has 0 radical (unpaired) electrons. The first-order valence-electron chi connectivity index (χ1n) is 12.7. The molecule has 0 aliphatic carbocycles. The summed E-state index contributed by atoms with van der Waals surface area (Å²) in [4.78, 5) is 12.1. The Morgan fingerprint density at radius 1 is 0.842 bits per heavy atom. The Morgan fingerprint density at radius 3 is 2.00 bits per heavy atom. The summed E-state index contributed by atoms with van der Waals surface area (Å²) in [5.41, 5.74) is 2.86. The van der Waals surface area contributed by atoms with Gasteiger partial charge in [0, 0.05) is 6.92 Å². The quantitative estimate of drug-likeness (QED) is 0.376. The van der Waals surface area contributed by atoms with Crippen molar-refractivity contribution in [2.24, 2.45) is 0 Å². The van der Waals surface area contributed by atoms with Crippen molar-refractivity contribution >= 4 is 5.91 Å². The first-order valence-corrected chi connectivity index (χ1v) is 12.7. The van der Waals surface area contributed by atoms with Crippen LogP contribution in [-0.4, -0.2) is 55.4 Å². The van der Waals surface area contributed by atoms with E-state index in [4.69, 9.17) is 23.7 Å². The summed E-state index contributed by atoms with van der Waals surface area (Å²) in [7, 11) is 1.62. The molecule has 3 aromatic carbocycles. The molecule has 202 valence electrons. The number of carbonyl (C=O) groups is 1. The van der Waals surface area contributed by atoms with Crippen molar-refractivity contribution in [3.05, 3.63) is 102 Å². The largest absolute Gasteiger partial charge is 0.497 e. The average molecular weight is 522 g/mol. The number of methoxy groups -OCH3 is 1. The molecule has 4 rings (SSSR count). The fraction of sp³-hybridized carbons (Fsp3) is 0.367. The highest BCUT2D eigenvalue weighted by Crippen LogP contribution is 2.27. The van der Waals surface area contributed by atoms with Crippen LogP contribution in [0.1, 0.15) is 23.6 Å². The first kappa shape index (κ1) is 27.8. The third-order valence-corrected chi connectivity index (χ3v) is 6.30. The van der Waals surface area contributed by atoms with Crippen molar-refractivity contribution in [2.45, 2.75) is 57.4 Å². The van der Waals surface area contributed by atoms with Gasteiger partial charge < -0.3 is 34.1 Å². The van der Waals surface area contributed by atoms with Crippen LogP contribution in [0.15, 0.2) is 84.9 Å². The van der Waals surface area contributed by atoms with Crippen molar-refractivity contribution in [1.82, 2.24) is 5.32 Å². The van der Waals surface area contributed by atoms with Crippen LogP contribution in [0.3, 0.4) is 0 Å². The van der Waals surface area contributed by atoms with E-state index in [1.165, 1.54) is 6.92 Å². The summed E-state index contributed by atoms with van der Waals surface area (Å²) in [6.45, 7) is 2.37. The minimum absolute atomic E-state index is 0.108. The predicted molar refractivity (Wildman–Crippen MR) is 141 cm³/mol. The second-order valence-corrected chi connectivity index (χ2v) is 9.18. The van der Waals surface area contributed by atoms with Crippen molar-refractivity contribution < 1.29 is 33.6 Å². The number of aliphatic hydroxyl groups is 1. The molecule has 5 atom stereocenters. The van der Waals surface area contributed by atoms with E-state index in [0.717, 1.165) is 22.4 Å². The molecular weight excluding hydrogens is 486 g/mol. The molecule has 3 aromatic rings. The van der Waals surface area contributed by atoms with Gasteiger partial charge in [-0.15, -0.1) is 0 Å². The number of hydrogen-bond acceptors (Lipinski definition) is 7. The van der Waals surface area contributed by atoms with Crippen LogP contribution in [0, 0.1) is 0 Å². The number of nitrogens with one attached hydrogen (secondary N) is 1. The van der Waals surface area contributed by atoms with Crippen molar-refractivity contribution in [3.63, 3.8) is 0 Å². The van der Waals surface area contributed by atoms with Crippen molar-refractivity contribution in [2.75, 3.05) is 13.7 Å². The van der Waals surface area contributed by atoms with Crippen LogP contribution < -0.4 is 10.1 Å². The standard InChI is InChI=1S/C30H35NO7/c1-21(32)31-27-29(36-18-22-9-5-3-6-10-22)28(33)26(20-35-17-24-13-15-25(34-2)16-14-24)38-30(27)37-19-23-11-7-4-8-12-23/h3-16,26-30,33H,17-20H2,1-2H3,(H,31,32)/t26-,27+,28-,29-,30+/m1/s1. The van der Waals surface area contributed by atoms with Crippen LogP contribution in [0.2, 0.25) is 0 Å². The number of benzene rings is 3. The van der Waals surface area contributed by atoms with Gasteiger partial charge in [-0.25, -0.2) is 0 Å². The van der Waals surface area contributed by atoms with Gasteiger partial charge in [-0.3, -0.25) is 4.79 Å². The molecule has 38 heavy (non-hydrogen) atoms. The van der Waals surface area contributed by atoms with Gasteiger partial charge in [-0.05, 0) is 28.8 Å². The fourth-order valence-corrected chi connectivity index (χ4v) is 4.32. The monoisotopic (exact) mass is 521 g/mol. The second kappa shape index (κ2) is 14.0. The van der Waals surface area contributed by atoms with Gasteiger partial charge in [-0.1, -0.05) is 72.8 Å². The molecule has 0 unspecified atom stereocenters. The summed E-state index contributed by atoms with van der Waals surface area (Å²) in [5.74, 6) is 0.488. The van der Waals surface area contributed by atoms with E-state index < -0.39 is 30.6 Å². The molecule has 1 heterocycles. The Bertz CT molecular complexity index is 1110. The number of rotatable bonds is 12. The van der Waals surface area contributed by atoms with Crippen LogP contribution in [-0.2, 0) is 43.6 Å². The minimum atomic E-state index is -1.07. The van der Waals surface area contributed by atoms with Crippen LogP contribution in [0.4, 0.5) is 0 Å².